The molecule has 4 rings (SSSR count). The standard InChI is InChI=1S/C21H28N4O4.CH2O2/c1-15-22-17(24-29-15)14-25-11-8-21(9-12-25)19(27)20(2,10-13-28-21)23-18(26)16-6-4-3-5-7-16;2-1-3/h3-7,19,27H,8-14H2,1-2H3,(H,23,26);1H,(H,2,3)/t19-,20+;/m1./s1. The van der Waals surface area contributed by atoms with Crippen LogP contribution in [0.4, 0.5) is 0 Å². The largest absolute Gasteiger partial charge is 0.483 e. The summed E-state index contributed by atoms with van der Waals surface area (Å²) >= 11 is 0. The molecule has 1 aromatic heterocycles. The summed E-state index contributed by atoms with van der Waals surface area (Å²) in [7, 11) is 0. The molecule has 2 aromatic rings. The van der Waals surface area contributed by atoms with Crippen molar-refractivity contribution in [1.29, 1.82) is 0 Å². The van der Waals surface area contributed by atoms with Gasteiger partial charge in [-0.1, -0.05) is 23.4 Å². The highest BCUT2D eigenvalue weighted by Gasteiger charge is 2.53. The molecule has 1 spiro atoms. The van der Waals surface area contributed by atoms with Gasteiger partial charge in [-0.15, -0.1) is 0 Å². The Morgan fingerprint density at radius 1 is 1.28 bits per heavy atom. The Morgan fingerprint density at radius 3 is 2.53 bits per heavy atom. The Hall–Kier alpha value is -2.82. The van der Waals surface area contributed by atoms with Crippen LogP contribution in [-0.4, -0.2) is 74.6 Å². The molecule has 3 N–H and O–H groups in total. The number of amides is 1. The number of likely N-dealkylation sites (tertiary alicyclic amines) is 1. The van der Waals surface area contributed by atoms with Crippen LogP contribution in [-0.2, 0) is 16.1 Å². The minimum Gasteiger partial charge on any atom is -0.483 e. The quantitative estimate of drug-likeness (QED) is 0.595. The number of aryl methyl sites for hydroxylation is 1. The summed E-state index contributed by atoms with van der Waals surface area (Å²) in [6.45, 7) is 6.08. The maximum Gasteiger partial charge on any atom is 0.290 e. The minimum atomic E-state index is -0.786. The van der Waals surface area contributed by atoms with Crippen molar-refractivity contribution in [2.24, 2.45) is 0 Å². The van der Waals surface area contributed by atoms with Crippen molar-refractivity contribution < 1.29 is 29.1 Å². The Kier molecular flexibility index (Phi) is 7.60. The number of benzene rings is 1. The van der Waals surface area contributed by atoms with Gasteiger partial charge in [-0.2, -0.15) is 4.98 Å². The van der Waals surface area contributed by atoms with Crippen molar-refractivity contribution in [2.45, 2.75) is 56.9 Å². The molecule has 2 atom stereocenters. The van der Waals surface area contributed by atoms with E-state index in [-0.39, 0.29) is 12.4 Å². The zero-order valence-electron chi connectivity index (χ0n) is 18.4. The number of aliphatic hydroxyl groups is 1. The van der Waals surface area contributed by atoms with Crippen LogP contribution in [0, 0.1) is 6.92 Å². The third-order valence-electron chi connectivity index (χ3n) is 6.18. The lowest BCUT2D eigenvalue weighted by molar-refractivity contribution is -0.206. The van der Waals surface area contributed by atoms with Crippen molar-refractivity contribution in [3.8, 4) is 0 Å². The summed E-state index contributed by atoms with van der Waals surface area (Å²) in [6, 6.07) is 9.09. The molecule has 3 heterocycles. The van der Waals surface area contributed by atoms with Gasteiger partial charge in [-0.25, -0.2) is 0 Å². The lowest BCUT2D eigenvalue weighted by atomic mass is 9.73. The predicted molar refractivity (Wildman–Crippen MR) is 114 cm³/mol. The normalized spacial score (nSPS) is 24.9. The summed E-state index contributed by atoms with van der Waals surface area (Å²) in [4.78, 5) is 27.6. The number of carboxylic acid groups (broad SMARTS) is 1. The van der Waals surface area contributed by atoms with E-state index in [0.717, 1.165) is 13.1 Å². The van der Waals surface area contributed by atoms with Crippen LogP contribution in [0.25, 0.3) is 0 Å². The number of rotatable bonds is 4. The number of nitrogens with zero attached hydrogens (tertiary/aromatic N) is 3. The lowest BCUT2D eigenvalue weighted by Crippen LogP contribution is -2.69. The summed E-state index contributed by atoms with van der Waals surface area (Å²) in [5.41, 5.74) is -0.801. The molecule has 0 aliphatic carbocycles. The van der Waals surface area contributed by atoms with Crippen molar-refractivity contribution >= 4 is 12.4 Å². The number of carbonyl (C=O) groups is 2. The highest BCUT2D eigenvalue weighted by Crippen LogP contribution is 2.40. The lowest BCUT2D eigenvalue weighted by Gasteiger charge is -2.53. The molecule has 0 radical (unpaired) electrons. The second-order valence-corrected chi connectivity index (χ2v) is 8.41. The number of piperidine rings is 1. The highest BCUT2D eigenvalue weighted by molar-refractivity contribution is 5.94. The number of nitrogens with one attached hydrogen (secondary N) is 1. The van der Waals surface area contributed by atoms with Crippen LogP contribution in [0.15, 0.2) is 34.9 Å². The van der Waals surface area contributed by atoms with Gasteiger partial charge >= 0.3 is 0 Å². The molecule has 32 heavy (non-hydrogen) atoms. The maximum absolute atomic E-state index is 12.7. The van der Waals surface area contributed by atoms with Gasteiger partial charge in [0, 0.05) is 32.2 Å². The maximum atomic E-state index is 12.7. The first-order valence-corrected chi connectivity index (χ1v) is 10.6. The molecule has 2 saturated heterocycles. The molecule has 0 saturated carbocycles. The van der Waals surface area contributed by atoms with Crippen LogP contribution in [0.1, 0.15) is 48.3 Å². The second-order valence-electron chi connectivity index (χ2n) is 8.41. The molecular formula is C22H30N4O6. The van der Waals surface area contributed by atoms with Gasteiger partial charge in [-0.05, 0) is 38.3 Å². The highest BCUT2D eigenvalue weighted by atomic mass is 16.5. The van der Waals surface area contributed by atoms with Gasteiger partial charge < -0.3 is 24.8 Å². The van der Waals surface area contributed by atoms with Crippen LogP contribution in [0.5, 0.6) is 0 Å². The van der Waals surface area contributed by atoms with Gasteiger partial charge in [0.1, 0.15) is 6.10 Å². The predicted octanol–water partition coefficient (Wildman–Crippen LogP) is 1.38. The molecular weight excluding hydrogens is 416 g/mol. The van der Waals surface area contributed by atoms with Crippen molar-refractivity contribution in [3.63, 3.8) is 0 Å². The average Bonchev–Trinajstić information content (AvgIpc) is 3.19. The molecule has 0 bridgehead atoms. The first-order chi connectivity index (χ1) is 15.3. The molecule has 10 nitrogen and oxygen atoms in total. The Labute approximate surface area is 186 Å². The van der Waals surface area contributed by atoms with E-state index < -0.39 is 17.2 Å². The second kappa shape index (κ2) is 10.2. The van der Waals surface area contributed by atoms with Crippen LogP contribution in [0.2, 0.25) is 0 Å². The third kappa shape index (κ3) is 5.32. The van der Waals surface area contributed by atoms with E-state index in [0.29, 0.717) is 49.7 Å². The number of carbonyl (C=O) groups excluding carboxylic acids is 1. The fourth-order valence-corrected chi connectivity index (χ4v) is 4.43. The summed E-state index contributed by atoms with van der Waals surface area (Å²) in [5.74, 6) is 1.06. The van der Waals surface area contributed by atoms with Crippen LogP contribution < -0.4 is 5.32 Å². The van der Waals surface area contributed by atoms with Crippen LogP contribution >= 0.6 is 0 Å². The van der Waals surface area contributed by atoms with Gasteiger partial charge in [-0.3, -0.25) is 14.5 Å². The SMILES string of the molecule is Cc1nc(CN2CCC3(CC2)OCC[C@](C)(NC(=O)c2ccccc2)[C@H]3O)no1.O=CO. The topological polar surface area (TPSA) is 138 Å². The fraction of sp³-hybridized carbons (Fsp3) is 0.545. The molecule has 2 fully saturated rings. The minimum absolute atomic E-state index is 0.172. The molecule has 174 valence electrons. The van der Waals surface area contributed by atoms with E-state index in [9.17, 15) is 9.90 Å². The first kappa shape index (κ1) is 23.8. The number of aliphatic hydroxyl groups excluding tert-OH is 1. The number of hydrogen-bond donors (Lipinski definition) is 3. The molecule has 10 heteroatoms. The summed E-state index contributed by atoms with van der Waals surface area (Å²) in [6.07, 6.45) is 1.15. The van der Waals surface area contributed by atoms with Crippen LogP contribution in [0.3, 0.4) is 0 Å². The zero-order valence-corrected chi connectivity index (χ0v) is 18.4. The van der Waals surface area contributed by atoms with E-state index in [1.807, 2.05) is 25.1 Å². The van der Waals surface area contributed by atoms with E-state index in [1.165, 1.54) is 0 Å². The van der Waals surface area contributed by atoms with Crippen molar-refractivity contribution in [1.82, 2.24) is 20.4 Å². The fourth-order valence-electron chi connectivity index (χ4n) is 4.43. The van der Waals surface area contributed by atoms with Gasteiger partial charge in [0.05, 0.1) is 17.7 Å². The van der Waals surface area contributed by atoms with E-state index in [2.05, 4.69) is 20.4 Å². The number of aromatic nitrogens is 2. The van der Waals surface area contributed by atoms with Crippen molar-refractivity contribution in [2.75, 3.05) is 19.7 Å². The Bertz CT molecular complexity index is 897. The van der Waals surface area contributed by atoms with Gasteiger partial charge in [0.2, 0.25) is 5.89 Å². The molecule has 2 aliphatic rings. The van der Waals surface area contributed by atoms with E-state index in [4.69, 9.17) is 19.2 Å². The van der Waals surface area contributed by atoms with Gasteiger partial charge in [0.15, 0.2) is 5.82 Å². The molecule has 1 aromatic carbocycles. The first-order valence-electron chi connectivity index (χ1n) is 10.6. The number of ether oxygens (including phenoxy) is 1. The average molecular weight is 447 g/mol. The molecule has 1 amide bonds. The smallest absolute Gasteiger partial charge is 0.290 e. The molecule has 2 aliphatic heterocycles. The summed E-state index contributed by atoms with van der Waals surface area (Å²) in [5, 5.41) is 25.2. The van der Waals surface area contributed by atoms with Crippen molar-refractivity contribution in [3.05, 3.63) is 47.6 Å². The monoisotopic (exact) mass is 446 g/mol. The van der Waals surface area contributed by atoms with Gasteiger partial charge in [0.25, 0.3) is 12.4 Å². The van der Waals surface area contributed by atoms with E-state index in [1.54, 1.807) is 19.1 Å². The third-order valence-corrected chi connectivity index (χ3v) is 6.18. The molecule has 0 unspecified atom stereocenters. The Morgan fingerprint density at radius 2 is 1.94 bits per heavy atom. The summed E-state index contributed by atoms with van der Waals surface area (Å²) < 4.78 is 11.2. The zero-order chi connectivity index (χ0) is 23.2. The number of hydrogen-bond acceptors (Lipinski definition) is 8. The van der Waals surface area contributed by atoms with E-state index >= 15 is 0 Å². The Balaban J connectivity index is 0.000000913.